The topological polar surface area (TPSA) is 42.0 Å². The van der Waals surface area contributed by atoms with Gasteiger partial charge in [0.1, 0.15) is 10.8 Å². The molecule has 0 spiro atoms. The third kappa shape index (κ3) is 2.94. The fraction of sp³-hybridized carbons (Fsp3) is 0.167. The minimum atomic E-state index is -0.451. The normalized spacial score (nSPS) is 10.4. The number of hydrogen-bond donors (Lipinski definition) is 1. The summed E-state index contributed by atoms with van der Waals surface area (Å²) in [6.45, 7) is 2.24. The molecule has 3 nitrogen and oxygen atoms in total. The average Bonchev–Trinajstić information content (AvgIpc) is 2.76. The second-order valence-corrected chi connectivity index (χ2v) is 5.40. The highest BCUT2D eigenvalue weighted by atomic mass is 79.9. The van der Waals surface area contributed by atoms with Gasteiger partial charge in [0.05, 0.1) is 16.6 Å². The van der Waals surface area contributed by atoms with Crippen LogP contribution in [0.3, 0.4) is 0 Å². The highest BCUT2D eigenvalue weighted by molar-refractivity contribution is 9.10. The van der Waals surface area contributed by atoms with Gasteiger partial charge in [0.2, 0.25) is 0 Å². The Balaban J connectivity index is 2.06. The molecule has 0 saturated carbocycles. The third-order valence-electron chi connectivity index (χ3n) is 2.26. The molecule has 2 aromatic rings. The van der Waals surface area contributed by atoms with Gasteiger partial charge in [-0.3, -0.25) is 4.79 Å². The van der Waals surface area contributed by atoms with E-state index in [1.54, 1.807) is 6.07 Å². The zero-order chi connectivity index (χ0) is 13.1. The van der Waals surface area contributed by atoms with Crippen molar-refractivity contribution in [3.63, 3.8) is 0 Å². The van der Waals surface area contributed by atoms with E-state index in [-0.39, 0.29) is 15.9 Å². The standard InChI is InChI=1S/C12H10BrFN2OS/c1-7-6-18-10(16-7)5-15-12(17)8-3-2-4-9(14)11(8)13/h2-4,6H,5H2,1H3,(H,15,17). The Labute approximate surface area is 116 Å². The zero-order valence-electron chi connectivity index (χ0n) is 9.54. The summed E-state index contributed by atoms with van der Waals surface area (Å²) < 4.78 is 13.4. The average molecular weight is 329 g/mol. The summed E-state index contributed by atoms with van der Waals surface area (Å²) in [5.74, 6) is -0.776. The summed E-state index contributed by atoms with van der Waals surface area (Å²) in [4.78, 5) is 16.1. The van der Waals surface area contributed by atoms with Crippen molar-refractivity contribution in [1.82, 2.24) is 10.3 Å². The number of carbonyl (C=O) groups is 1. The van der Waals surface area contributed by atoms with Crippen LogP contribution in [0.5, 0.6) is 0 Å². The summed E-state index contributed by atoms with van der Waals surface area (Å²) in [5.41, 5.74) is 1.21. The van der Waals surface area contributed by atoms with Gasteiger partial charge in [-0.05, 0) is 35.0 Å². The molecule has 1 aromatic heterocycles. The van der Waals surface area contributed by atoms with Crippen molar-refractivity contribution in [3.8, 4) is 0 Å². The van der Waals surface area contributed by atoms with Crippen molar-refractivity contribution < 1.29 is 9.18 Å². The fourth-order valence-electron chi connectivity index (χ4n) is 1.41. The van der Waals surface area contributed by atoms with Crippen molar-refractivity contribution >= 4 is 33.2 Å². The second-order valence-electron chi connectivity index (χ2n) is 3.67. The molecule has 94 valence electrons. The Morgan fingerprint density at radius 3 is 3.00 bits per heavy atom. The van der Waals surface area contributed by atoms with Gasteiger partial charge < -0.3 is 5.32 Å². The number of hydrogen-bond acceptors (Lipinski definition) is 3. The van der Waals surface area contributed by atoms with E-state index in [9.17, 15) is 9.18 Å². The predicted molar refractivity (Wildman–Crippen MR) is 72.1 cm³/mol. The number of nitrogens with one attached hydrogen (secondary N) is 1. The lowest BCUT2D eigenvalue weighted by atomic mass is 10.2. The van der Waals surface area contributed by atoms with E-state index in [1.807, 2.05) is 12.3 Å². The highest BCUT2D eigenvalue weighted by Crippen LogP contribution is 2.20. The lowest BCUT2D eigenvalue weighted by molar-refractivity contribution is 0.0949. The van der Waals surface area contributed by atoms with Crippen LogP contribution in [0.1, 0.15) is 21.1 Å². The lowest BCUT2D eigenvalue weighted by Crippen LogP contribution is -2.23. The van der Waals surface area contributed by atoms with Crippen molar-refractivity contribution in [2.45, 2.75) is 13.5 Å². The Kier molecular flexibility index (Phi) is 4.08. The first-order valence-corrected chi connectivity index (χ1v) is 6.88. The van der Waals surface area contributed by atoms with Crippen LogP contribution in [-0.4, -0.2) is 10.9 Å². The molecule has 2 rings (SSSR count). The maximum atomic E-state index is 13.3. The molecule has 0 bridgehead atoms. The van der Waals surface area contributed by atoms with E-state index in [0.717, 1.165) is 10.7 Å². The van der Waals surface area contributed by atoms with Crippen LogP contribution >= 0.6 is 27.3 Å². The molecule has 0 fully saturated rings. The summed E-state index contributed by atoms with van der Waals surface area (Å²) in [6.07, 6.45) is 0. The first kappa shape index (κ1) is 13.2. The molecule has 0 aliphatic rings. The van der Waals surface area contributed by atoms with E-state index < -0.39 is 5.82 Å². The monoisotopic (exact) mass is 328 g/mol. The molecule has 1 aromatic carbocycles. The number of nitrogens with zero attached hydrogens (tertiary/aromatic N) is 1. The molecule has 0 saturated heterocycles. The number of halogens is 2. The molecule has 0 radical (unpaired) electrons. The molecule has 0 atom stereocenters. The molecular weight excluding hydrogens is 319 g/mol. The Morgan fingerprint density at radius 2 is 2.33 bits per heavy atom. The first-order valence-electron chi connectivity index (χ1n) is 5.21. The minimum Gasteiger partial charge on any atom is -0.345 e. The zero-order valence-corrected chi connectivity index (χ0v) is 11.9. The van der Waals surface area contributed by atoms with Crippen molar-refractivity contribution in [2.24, 2.45) is 0 Å². The fourth-order valence-corrected chi connectivity index (χ4v) is 2.57. The molecule has 6 heteroatoms. The summed E-state index contributed by atoms with van der Waals surface area (Å²) in [7, 11) is 0. The molecule has 18 heavy (non-hydrogen) atoms. The molecule has 0 aliphatic carbocycles. The Bertz CT molecular complexity index is 585. The maximum Gasteiger partial charge on any atom is 0.252 e. The molecule has 0 unspecified atom stereocenters. The van der Waals surface area contributed by atoms with E-state index in [0.29, 0.717) is 6.54 Å². The van der Waals surface area contributed by atoms with Crippen molar-refractivity contribution in [1.29, 1.82) is 0 Å². The largest absolute Gasteiger partial charge is 0.345 e. The summed E-state index contributed by atoms with van der Waals surface area (Å²) in [6, 6.07) is 4.36. The Hall–Kier alpha value is -1.27. The predicted octanol–water partition coefficient (Wildman–Crippen LogP) is 3.28. The third-order valence-corrected chi connectivity index (χ3v) is 4.04. The van der Waals surface area contributed by atoms with E-state index in [1.165, 1.54) is 23.5 Å². The minimum absolute atomic E-state index is 0.179. The van der Waals surface area contributed by atoms with Gasteiger partial charge in [-0.1, -0.05) is 6.07 Å². The number of benzene rings is 1. The van der Waals surface area contributed by atoms with E-state index >= 15 is 0 Å². The van der Waals surface area contributed by atoms with E-state index in [2.05, 4.69) is 26.2 Å². The Morgan fingerprint density at radius 1 is 1.56 bits per heavy atom. The van der Waals surface area contributed by atoms with Crippen LogP contribution < -0.4 is 5.32 Å². The van der Waals surface area contributed by atoms with Crippen molar-refractivity contribution in [3.05, 3.63) is 50.1 Å². The molecule has 1 N–H and O–H groups in total. The van der Waals surface area contributed by atoms with Gasteiger partial charge in [-0.25, -0.2) is 9.37 Å². The number of rotatable bonds is 3. The van der Waals surface area contributed by atoms with Crippen LogP contribution in [0.25, 0.3) is 0 Å². The number of aryl methyl sites for hydroxylation is 1. The SMILES string of the molecule is Cc1csc(CNC(=O)c2cccc(F)c2Br)n1. The van der Waals surface area contributed by atoms with Gasteiger partial charge in [0.15, 0.2) is 0 Å². The van der Waals surface area contributed by atoms with Gasteiger partial charge in [-0.2, -0.15) is 0 Å². The van der Waals surface area contributed by atoms with Gasteiger partial charge in [-0.15, -0.1) is 11.3 Å². The molecule has 0 aliphatic heterocycles. The van der Waals surface area contributed by atoms with Crippen LogP contribution in [-0.2, 0) is 6.54 Å². The van der Waals surface area contributed by atoms with Gasteiger partial charge in [0, 0.05) is 11.1 Å². The number of thiazole rings is 1. The maximum absolute atomic E-state index is 13.3. The molecular formula is C12H10BrFN2OS. The smallest absolute Gasteiger partial charge is 0.252 e. The van der Waals surface area contributed by atoms with Gasteiger partial charge in [0.25, 0.3) is 5.91 Å². The number of aromatic nitrogens is 1. The van der Waals surface area contributed by atoms with Gasteiger partial charge >= 0.3 is 0 Å². The number of amides is 1. The molecule has 1 heterocycles. The van der Waals surface area contributed by atoms with Crippen LogP contribution in [0.15, 0.2) is 28.1 Å². The first-order chi connectivity index (χ1) is 8.58. The quantitative estimate of drug-likeness (QED) is 0.939. The van der Waals surface area contributed by atoms with Crippen LogP contribution in [0.2, 0.25) is 0 Å². The van der Waals surface area contributed by atoms with E-state index in [4.69, 9.17) is 0 Å². The van der Waals surface area contributed by atoms with Crippen molar-refractivity contribution in [2.75, 3.05) is 0 Å². The molecule has 1 amide bonds. The summed E-state index contributed by atoms with van der Waals surface area (Å²) >= 11 is 4.54. The summed E-state index contributed by atoms with van der Waals surface area (Å²) in [5, 5.41) is 5.45. The second kappa shape index (κ2) is 5.58. The van der Waals surface area contributed by atoms with Crippen LogP contribution in [0, 0.1) is 12.7 Å². The lowest BCUT2D eigenvalue weighted by Gasteiger charge is -2.05. The highest BCUT2D eigenvalue weighted by Gasteiger charge is 2.13. The van der Waals surface area contributed by atoms with Crippen LogP contribution in [0.4, 0.5) is 4.39 Å². The number of carbonyl (C=O) groups excluding carboxylic acids is 1.